The highest BCUT2D eigenvalue weighted by atomic mass is 16.7. The third kappa shape index (κ3) is 2.13. The summed E-state index contributed by atoms with van der Waals surface area (Å²) >= 11 is 0. The van der Waals surface area contributed by atoms with E-state index in [-0.39, 0.29) is 0 Å². The van der Waals surface area contributed by atoms with Crippen LogP contribution in [0.15, 0.2) is 60.7 Å². The Morgan fingerprint density at radius 1 is 0.562 bits per heavy atom. The zero-order valence-corrected chi connectivity index (χ0v) is 8.48. The molecule has 4 nitrogen and oxygen atoms in total. The lowest BCUT2D eigenvalue weighted by Crippen LogP contribution is -2.33. The van der Waals surface area contributed by atoms with Gasteiger partial charge in [0, 0.05) is 11.4 Å². The molecular formula is C12H10N2O2-2. The maximum atomic E-state index is 11.7. The summed E-state index contributed by atoms with van der Waals surface area (Å²) in [6, 6.07) is 16.7. The largest absolute Gasteiger partial charge is 0.739 e. The van der Waals surface area contributed by atoms with Crippen LogP contribution in [-0.2, 0) is 0 Å². The van der Waals surface area contributed by atoms with Crippen molar-refractivity contribution in [1.82, 2.24) is 0 Å². The summed E-state index contributed by atoms with van der Waals surface area (Å²) in [4.78, 5) is 0. The molecule has 0 saturated carbocycles. The fourth-order valence-electron chi connectivity index (χ4n) is 1.32. The van der Waals surface area contributed by atoms with Crippen LogP contribution < -0.4 is 10.3 Å². The van der Waals surface area contributed by atoms with Crippen LogP contribution in [0, 0.1) is 10.4 Å². The van der Waals surface area contributed by atoms with E-state index in [1.54, 1.807) is 60.7 Å². The highest BCUT2D eigenvalue weighted by Gasteiger charge is 1.98. The van der Waals surface area contributed by atoms with Crippen molar-refractivity contribution in [3.05, 3.63) is 71.1 Å². The van der Waals surface area contributed by atoms with Crippen molar-refractivity contribution in [3.63, 3.8) is 0 Å². The van der Waals surface area contributed by atoms with Crippen LogP contribution in [0.1, 0.15) is 0 Å². The number of rotatable bonds is 3. The maximum absolute atomic E-state index is 11.7. The number of hydrogen-bond donors (Lipinski definition) is 0. The molecule has 0 saturated heterocycles. The van der Waals surface area contributed by atoms with Gasteiger partial charge < -0.3 is 20.8 Å². The lowest BCUT2D eigenvalue weighted by atomic mass is 10.3. The van der Waals surface area contributed by atoms with E-state index in [1.165, 1.54) is 0 Å². The van der Waals surface area contributed by atoms with Crippen molar-refractivity contribution in [2.75, 3.05) is 10.3 Å². The Kier molecular flexibility index (Phi) is 3.05. The summed E-state index contributed by atoms with van der Waals surface area (Å²) in [5.74, 6) is 0. The molecule has 0 aromatic heterocycles. The first-order chi connectivity index (χ1) is 7.79. The lowest BCUT2D eigenvalue weighted by Gasteiger charge is -2.47. The average Bonchev–Trinajstić information content (AvgIpc) is 2.39. The van der Waals surface area contributed by atoms with Crippen LogP contribution in [0.25, 0.3) is 0 Å². The Hall–Kier alpha value is -2.04. The molecular weight excluding hydrogens is 204 g/mol. The van der Waals surface area contributed by atoms with Gasteiger partial charge >= 0.3 is 0 Å². The molecule has 82 valence electrons. The quantitative estimate of drug-likeness (QED) is 0.737. The molecule has 0 bridgehead atoms. The Labute approximate surface area is 93.5 Å². The Balaban J connectivity index is 2.20. The second-order valence-electron chi connectivity index (χ2n) is 3.22. The van der Waals surface area contributed by atoms with Crippen molar-refractivity contribution in [2.45, 2.75) is 0 Å². The van der Waals surface area contributed by atoms with Crippen LogP contribution in [0.3, 0.4) is 0 Å². The van der Waals surface area contributed by atoms with E-state index in [4.69, 9.17) is 0 Å². The van der Waals surface area contributed by atoms with E-state index in [1.807, 2.05) is 0 Å². The van der Waals surface area contributed by atoms with E-state index >= 15 is 0 Å². The topological polar surface area (TPSA) is 52.6 Å². The second-order valence-corrected chi connectivity index (χ2v) is 3.22. The molecule has 2 rings (SSSR count). The van der Waals surface area contributed by atoms with Gasteiger partial charge in [0.15, 0.2) is 0 Å². The van der Waals surface area contributed by atoms with Gasteiger partial charge in [-0.15, -0.1) is 0 Å². The zero-order chi connectivity index (χ0) is 11.4. The highest BCUT2D eigenvalue weighted by molar-refractivity contribution is 5.58. The summed E-state index contributed by atoms with van der Waals surface area (Å²) in [7, 11) is 0. The molecule has 0 amide bonds. The minimum Gasteiger partial charge on any atom is -0.739 e. The zero-order valence-electron chi connectivity index (χ0n) is 8.48. The van der Waals surface area contributed by atoms with Crippen LogP contribution >= 0.6 is 0 Å². The van der Waals surface area contributed by atoms with E-state index in [9.17, 15) is 10.4 Å². The number of hydrogen-bond acceptors (Lipinski definition) is 4. The fourth-order valence-corrected chi connectivity index (χ4v) is 1.32. The molecule has 4 heteroatoms. The molecule has 0 heterocycles. The third-order valence-corrected chi connectivity index (χ3v) is 2.12. The Morgan fingerprint density at radius 3 is 1.19 bits per heavy atom. The molecule has 0 aliphatic carbocycles. The third-order valence-electron chi connectivity index (χ3n) is 2.12. The van der Waals surface area contributed by atoms with E-state index < -0.39 is 0 Å². The summed E-state index contributed by atoms with van der Waals surface area (Å²) in [6.07, 6.45) is 0. The normalized spacial score (nSPS) is 9.88. The fraction of sp³-hybridized carbons (Fsp3) is 0. The van der Waals surface area contributed by atoms with E-state index in [2.05, 4.69) is 0 Å². The summed E-state index contributed by atoms with van der Waals surface area (Å²) in [5, 5.41) is 24.0. The number of nitrogens with zero attached hydrogens (tertiary/aromatic N) is 2. The van der Waals surface area contributed by atoms with Crippen LogP contribution in [-0.4, -0.2) is 0 Å². The van der Waals surface area contributed by atoms with Gasteiger partial charge in [0.2, 0.25) is 0 Å². The number of hydrazine groups is 1. The number of benzene rings is 2. The van der Waals surface area contributed by atoms with Gasteiger partial charge in [-0.2, -0.15) is 0 Å². The second kappa shape index (κ2) is 4.65. The number of anilines is 2. The monoisotopic (exact) mass is 214 g/mol. The molecule has 2 aromatic rings. The van der Waals surface area contributed by atoms with Crippen LogP contribution in [0.5, 0.6) is 0 Å². The van der Waals surface area contributed by atoms with Crippen molar-refractivity contribution in [2.24, 2.45) is 0 Å². The SMILES string of the molecule is [O-]N(c1ccccc1)N([O-])c1ccccc1. The van der Waals surface area contributed by atoms with E-state index in [0.717, 1.165) is 0 Å². The molecule has 0 unspecified atom stereocenters. The summed E-state index contributed by atoms with van der Waals surface area (Å²) in [5.41, 5.74) is 0.614. The molecule has 0 spiro atoms. The van der Waals surface area contributed by atoms with Gasteiger partial charge in [0.1, 0.15) is 0 Å². The van der Waals surface area contributed by atoms with Crippen LogP contribution in [0.4, 0.5) is 11.4 Å². The standard InChI is InChI=1S/C12H10N2O2/c15-13(11-7-3-1-4-8-11)14(16)12-9-5-2-6-10-12/h1-10H/q-2. The van der Waals surface area contributed by atoms with Gasteiger partial charge in [-0.05, 0) is 24.3 Å². The van der Waals surface area contributed by atoms with Gasteiger partial charge in [-0.1, -0.05) is 36.4 Å². The lowest BCUT2D eigenvalue weighted by molar-refractivity contribution is 0.986. The van der Waals surface area contributed by atoms with E-state index in [0.29, 0.717) is 21.7 Å². The first-order valence-corrected chi connectivity index (χ1v) is 4.83. The predicted octanol–water partition coefficient (Wildman–Crippen LogP) is 2.91. The van der Waals surface area contributed by atoms with Crippen molar-refractivity contribution >= 4 is 11.4 Å². The Morgan fingerprint density at radius 2 is 0.875 bits per heavy atom. The van der Waals surface area contributed by atoms with Gasteiger partial charge in [0.05, 0.1) is 0 Å². The Bertz CT molecular complexity index is 390. The summed E-state index contributed by atoms with van der Waals surface area (Å²) in [6.45, 7) is 0. The highest BCUT2D eigenvalue weighted by Crippen LogP contribution is 2.19. The van der Waals surface area contributed by atoms with Crippen molar-refractivity contribution < 1.29 is 0 Å². The first kappa shape index (κ1) is 10.5. The molecule has 0 aliphatic heterocycles. The maximum Gasteiger partial charge on any atom is 0.0443 e. The molecule has 0 aliphatic rings. The molecule has 0 radical (unpaired) electrons. The van der Waals surface area contributed by atoms with Gasteiger partial charge in [0.25, 0.3) is 0 Å². The van der Waals surface area contributed by atoms with Crippen molar-refractivity contribution in [3.8, 4) is 0 Å². The van der Waals surface area contributed by atoms with Crippen molar-refractivity contribution in [1.29, 1.82) is 0 Å². The molecule has 0 atom stereocenters. The smallest absolute Gasteiger partial charge is 0.0443 e. The minimum absolute atomic E-state index is 0.307. The van der Waals surface area contributed by atoms with Gasteiger partial charge in [-0.3, -0.25) is 0 Å². The van der Waals surface area contributed by atoms with Crippen LogP contribution in [0.2, 0.25) is 0 Å². The van der Waals surface area contributed by atoms with Gasteiger partial charge in [-0.25, -0.2) is 0 Å². The molecule has 0 fully saturated rings. The molecule has 2 aromatic carbocycles. The molecule has 0 N–H and O–H groups in total. The first-order valence-electron chi connectivity index (χ1n) is 4.83. The summed E-state index contributed by atoms with van der Waals surface area (Å²) < 4.78 is 0. The number of para-hydroxylation sites is 2. The minimum atomic E-state index is 0.307. The predicted molar refractivity (Wildman–Crippen MR) is 64.6 cm³/mol. The molecule has 16 heavy (non-hydrogen) atoms. The average molecular weight is 214 g/mol.